The first-order valence-corrected chi connectivity index (χ1v) is 8.39. The van der Waals surface area contributed by atoms with Gasteiger partial charge in [-0.2, -0.15) is 0 Å². The zero-order valence-electron chi connectivity index (χ0n) is 13.9. The van der Waals surface area contributed by atoms with Gasteiger partial charge in [-0.3, -0.25) is 4.79 Å². The first kappa shape index (κ1) is 16.3. The van der Waals surface area contributed by atoms with Gasteiger partial charge in [0.25, 0.3) is 0 Å². The highest BCUT2D eigenvalue weighted by Gasteiger charge is 2.13. The van der Waals surface area contributed by atoms with Crippen molar-refractivity contribution in [2.24, 2.45) is 0 Å². The van der Waals surface area contributed by atoms with E-state index in [0.717, 1.165) is 20.9 Å². The van der Waals surface area contributed by atoms with Crippen molar-refractivity contribution >= 4 is 38.3 Å². The van der Waals surface area contributed by atoms with Crippen LogP contribution in [0.5, 0.6) is 5.75 Å². The molecule has 5 nitrogen and oxygen atoms in total. The van der Waals surface area contributed by atoms with E-state index in [-0.39, 0.29) is 12.5 Å². The molecule has 3 aromatic rings. The van der Waals surface area contributed by atoms with Crippen LogP contribution >= 0.6 is 11.3 Å². The smallest absolute Gasteiger partial charge is 0.244 e. The van der Waals surface area contributed by atoms with Gasteiger partial charge in [0.05, 0.1) is 29.6 Å². The van der Waals surface area contributed by atoms with Gasteiger partial charge in [0, 0.05) is 7.05 Å². The Hall–Kier alpha value is -2.60. The zero-order chi connectivity index (χ0) is 17.1. The second-order valence-electron chi connectivity index (χ2n) is 5.57. The summed E-state index contributed by atoms with van der Waals surface area (Å²) in [5.41, 5.74) is 2.69. The molecule has 0 radical (unpaired) electrons. The summed E-state index contributed by atoms with van der Waals surface area (Å²) in [5, 5.41) is 3.73. The van der Waals surface area contributed by atoms with Gasteiger partial charge >= 0.3 is 0 Å². The summed E-state index contributed by atoms with van der Waals surface area (Å²) in [6, 6.07) is 13.6. The maximum atomic E-state index is 12.4. The van der Waals surface area contributed by atoms with Crippen LogP contribution < -0.4 is 15.0 Å². The number of nitrogens with zero attached hydrogens (tertiary/aromatic N) is 2. The highest BCUT2D eigenvalue weighted by Crippen LogP contribution is 2.28. The summed E-state index contributed by atoms with van der Waals surface area (Å²) in [7, 11) is 3.46. The molecule has 0 fully saturated rings. The number of methoxy groups -OCH3 is 1. The molecule has 24 heavy (non-hydrogen) atoms. The molecule has 0 atom stereocenters. The molecule has 1 N–H and O–H groups in total. The molecule has 0 unspecified atom stereocenters. The predicted molar refractivity (Wildman–Crippen MR) is 99.3 cm³/mol. The van der Waals surface area contributed by atoms with Crippen molar-refractivity contribution in [3.8, 4) is 5.75 Å². The Bertz CT molecular complexity index is 843. The molecular weight excluding hydrogens is 322 g/mol. The quantitative estimate of drug-likeness (QED) is 0.769. The molecule has 6 heteroatoms. The highest BCUT2D eigenvalue weighted by atomic mass is 32.1. The van der Waals surface area contributed by atoms with Gasteiger partial charge in [0.15, 0.2) is 5.13 Å². The number of rotatable bonds is 5. The van der Waals surface area contributed by atoms with E-state index in [1.54, 1.807) is 18.4 Å². The average molecular weight is 341 g/mol. The van der Waals surface area contributed by atoms with Gasteiger partial charge in [0.1, 0.15) is 5.75 Å². The third kappa shape index (κ3) is 3.49. The van der Waals surface area contributed by atoms with Crippen LogP contribution in [0, 0.1) is 6.92 Å². The number of nitrogens with one attached hydrogen (secondary N) is 1. The van der Waals surface area contributed by atoms with E-state index >= 15 is 0 Å². The monoisotopic (exact) mass is 341 g/mol. The number of thiazole rings is 1. The summed E-state index contributed by atoms with van der Waals surface area (Å²) >= 11 is 1.57. The Morgan fingerprint density at radius 2 is 2.08 bits per heavy atom. The minimum Gasteiger partial charge on any atom is -0.495 e. The Kier molecular flexibility index (Phi) is 4.66. The van der Waals surface area contributed by atoms with Crippen molar-refractivity contribution in [2.75, 3.05) is 30.9 Å². The first-order valence-electron chi connectivity index (χ1n) is 7.58. The number of benzene rings is 2. The van der Waals surface area contributed by atoms with Crippen LogP contribution in [-0.4, -0.2) is 31.6 Å². The number of para-hydroxylation sites is 1. The molecule has 3 rings (SSSR count). The topological polar surface area (TPSA) is 54.5 Å². The van der Waals surface area contributed by atoms with Gasteiger partial charge in [0.2, 0.25) is 5.91 Å². The standard InChI is InChI=1S/C18H19N3O2S/c1-12-8-9-15(23-3)14(10-12)19-17(22)11-21(2)18-20-13-6-4-5-7-16(13)24-18/h4-10H,11H2,1-3H3,(H,19,22). The first-order chi connectivity index (χ1) is 11.6. The Labute approximate surface area is 144 Å². The fourth-order valence-electron chi connectivity index (χ4n) is 2.42. The minimum absolute atomic E-state index is 0.111. The molecule has 1 aromatic heterocycles. The normalized spacial score (nSPS) is 10.6. The van der Waals surface area contributed by atoms with E-state index in [0.29, 0.717) is 11.4 Å². The number of hydrogen-bond acceptors (Lipinski definition) is 5. The number of amides is 1. The minimum atomic E-state index is -0.111. The number of carbonyl (C=O) groups excluding carboxylic acids is 1. The number of aryl methyl sites for hydroxylation is 1. The second kappa shape index (κ2) is 6.88. The molecular formula is C18H19N3O2S. The van der Waals surface area contributed by atoms with Crippen molar-refractivity contribution < 1.29 is 9.53 Å². The Morgan fingerprint density at radius 1 is 1.29 bits per heavy atom. The van der Waals surface area contributed by atoms with Crippen LogP contribution in [0.1, 0.15) is 5.56 Å². The highest BCUT2D eigenvalue weighted by molar-refractivity contribution is 7.22. The summed E-state index contributed by atoms with van der Waals surface area (Å²) in [6.07, 6.45) is 0. The van der Waals surface area contributed by atoms with E-state index in [2.05, 4.69) is 10.3 Å². The van der Waals surface area contributed by atoms with Gasteiger partial charge in [-0.1, -0.05) is 29.5 Å². The van der Waals surface area contributed by atoms with Gasteiger partial charge in [-0.05, 0) is 36.8 Å². The molecule has 0 aliphatic carbocycles. The lowest BCUT2D eigenvalue weighted by molar-refractivity contribution is -0.114. The number of carbonyl (C=O) groups is 1. The molecule has 124 valence electrons. The lowest BCUT2D eigenvalue weighted by Crippen LogP contribution is -2.30. The van der Waals surface area contributed by atoms with Gasteiger partial charge < -0.3 is 15.0 Å². The third-order valence-electron chi connectivity index (χ3n) is 3.62. The maximum Gasteiger partial charge on any atom is 0.244 e. The van der Waals surface area contributed by atoms with Crippen molar-refractivity contribution in [2.45, 2.75) is 6.92 Å². The molecule has 0 saturated heterocycles. The van der Waals surface area contributed by atoms with Crippen LogP contribution in [0.2, 0.25) is 0 Å². The number of aromatic nitrogens is 1. The molecule has 0 aliphatic heterocycles. The SMILES string of the molecule is COc1ccc(C)cc1NC(=O)CN(C)c1nc2ccccc2s1. The largest absolute Gasteiger partial charge is 0.495 e. The number of ether oxygens (including phenoxy) is 1. The van der Waals surface area contributed by atoms with Crippen molar-refractivity contribution in [1.82, 2.24) is 4.98 Å². The summed E-state index contributed by atoms with van der Waals surface area (Å²) in [5.74, 6) is 0.539. The molecule has 0 spiro atoms. The number of anilines is 2. The summed E-state index contributed by atoms with van der Waals surface area (Å²) in [6.45, 7) is 2.19. The van der Waals surface area contributed by atoms with Crippen LogP contribution in [0.15, 0.2) is 42.5 Å². The molecule has 2 aromatic carbocycles. The van der Waals surface area contributed by atoms with E-state index in [1.807, 2.05) is 61.3 Å². The molecule has 0 saturated carbocycles. The average Bonchev–Trinajstić information content (AvgIpc) is 2.99. The fourth-order valence-corrected chi connectivity index (χ4v) is 3.34. The lowest BCUT2D eigenvalue weighted by Gasteiger charge is -2.16. The summed E-state index contributed by atoms with van der Waals surface area (Å²) < 4.78 is 6.40. The van der Waals surface area contributed by atoms with Crippen molar-refractivity contribution in [3.05, 3.63) is 48.0 Å². The Morgan fingerprint density at radius 3 is 2.83 bits per heavy atom. The number of likely N-dealkylation sites (N-methyl/N-ethyl adjacent to an activating group) is 1. The van der Waals surface area contributed by atoms with Crippen LogP contribution in [-0.2, 0) is 4.79 Å². The second-order valence-corrected chi connectivity index (χ2v) is 6.58. The number of fused-ring (bicyclic) bond motifs is 1. The molecule has 1 amide bonds. The van der Waals surface area contributed by atoms with E-state index < -0.39 is 0 Å². The lowest BCUT2D eigenvalue weighted by atomic mass is 10.2. The molecule has 0 bridgehead atoms. The molecule has 1 heterocycles. The third-order valence-corrected chi connectivity index (χ3v) is 4.77. The Balaban J connectivity index is 1.71. The van der Waals surface area contributed by atoms with Crippen LogP contribution in [0.4, 0.5) is 10.8 Å². The van der Waals surface area contributed by atoms with E-state index in [9.17, 15) is 4.79 Å². The zero-order valence-corrected chi connectivity index (χ0v) is 14.7. The molecule has 0 aliphatic rings. The summed E-state index contributed by atoms with van der Waals surface area (Å²) in [4.78, 5) is 18.8. The van der Waals surface area contributed by atoms with E-state index in [4.69, 9.17) is 4.74 Å². The van der Waals surface area contributed by atoms with Gasteiger partial charge in [-0.25, -0.2) is 4.98 Å². The van der Waals surface area contributed by atoms with E-state index in [1.165, 1.54) is 0 Å². The van der Waals surface area contributed by atoms with Crippen LogP contribution in [0.3, 0.4) is 0 Å². The van der Waals surface area contributed by atoms with Crippen molar-refractivity contribution in [1.29, 1.82) is 0 Å². The fraction of sp³-hybridized carbons (Fsp3) is 0.222. The van der Waals surface area contributed by atoms with Crippen LogP contribution in [0.25, 0.3) is 10.2 Å². The van der Waals surface area contributed by atoms with Gasteiger partial charge in [-0.15, -0.1) is 0 Å². The maximum absolute atomic E-state index is 12.4. The van der Waals surface area contributed by atoms with Crippen molar-refractivity contribution in [3.63, 3.8) is 0 Å². The number of hydrogen-bond donors (Lipinski definition) is 1. The predicted octanol–water partition coefficient (Wildman–Crippen LogP) is 3.69.